The summed E-state index contributed by atoms with van der Waals surface area (Å²) in [5.74, 6) is -0.379. The number of thiazole rings is 1. The zero-order valence-electron chi connectivity index (χ0n) is 26.2. The number of carbonyl (C=O) groups is 3. The SMILES string of the molecule is CCOC(=O)Cc1csc(C2=NC(c3ccc(Cl)cc3Cl)C(C(=O)OCC)=C(CN3CCN(C(=O)CNC(C)(C)C)CC3)N2)n1. The fourth-order valence-electron chi connectivity index (χ4n) is 4.91. The molecule has 14 heteroatoms. The molecule has 1 aromatic carbocycles. The second-order valence-electron chi connectivity index (χ2n) is 11.7. The Morgan fingerprint density at radius 3 is 2.44 bits per heavy atom. The Labute approximate surface area is 278 Å². The van der Waals surface area contributed by atoms with Crippen LogP contribution < -0.4 is 10.6 Å². The van der Waals surface area contributed by atoms with Gasteiger partial charge in [0.05, 0.1) is 37.4 Å². The molecule has 2 aromatic rings. The fraction of sp³-hybridized carbons (Fsp3) is 0.516. The Bertz CT molecular complexity index is 1460. The number of piperazine rings is 1. The van der Waals surface area contributed by atoms with E-state index >= 15 is 0 Å². The van der Waals surface area contributed by atoms with Gasteiger partial charge in [0, 0.05) is 64.9 Å². The lowest BCUT2D eigenvalue weighted by atomic mass is 9.95. The van der Waals surface area contributed by atoms with E-state index < -0.39 is 12.0 Å². The predicted octanol–water partition coefficient (Wildman–Crippen LogP) is 4.00. The Morgan fingerprint density at radius 2 is 1.80 bits per heavy atom. The van der Waals surface area contributed by atoms with Crippen molar-refractivity contribution >= 4 is 58.2 Å². The highest BCUT2D eigenvalue weighted by Gasteiger charge is 2.35. The number of amides is 1. The molecular weight excluding hydrogens is 639 g/mol. The zero-order chi connectivity index (χ0) is 32.7. The number of aliphatic imine (C=N–C) groups is 1. The van der Waals surface area contributed by atoms with Crippen LogP contribution >= 0.6 is 34.5 Å². The monoisotopic (exact) mass is 678 g/mol. The van der Waals surface area contributed by atoms with E-state index in [0.29, 0.717) is 76.1 Å². The van der Waals surface area contributed by atoms with Crippen molar-refractivity contribution in [2.24, 2.45) is 4.99 Å². The first-order chi connectivity index (χ1) is 21.4. The maximum absolute atomic E-state index is 13.5. The van der Waals surface area contributed by atoms with Crippen LogP contribution in [0.25, 0.3) is 0 Å². The van der Waals surface area contributed by atoms with Crippen LogP contribution in [0.3, 0.4) is 0 Å². The van der Waals surface area contributed by atoms with E-state index in [4.69, 9.17) is 37.7 Å². The molecule has 244 valence electrons. The Morgan fingerprint density at radius 1 is 1.09 bits per heavy atom. The third kappa shape index (κ3) is 9.49. The summed E-state index contributed by atoms with van der Waals surface area (Å²) in [6, 6.07) is 4.27. The molecule has 1 fully saturated rings. The normalized spacial score (nSPS) is 17.5. The minimum absolute atomic E-state index is 0.0368. The molecule has 0 spiro atoms. The molecule has 1 aromatic heterocycles. The highest BCUT2D eigenvalue weighted by molar-refractivity contribution is 7.11. The lowest BCUT2D eigenvalue weighted by Gasteiger charge is -2.37. The summed E-state index contributed by atoms with van der Waals surface area (Å²) >= 11 is 14.2. The number of halogens is 2. The summed E-state index contributed by atoms with van der Waals surface area (Å²) in [6.07, 6.45) is 0.0368. The summed E-state index contributed by atoms with van der Waals surface area (Å²) < 4.78 is 10.6. The van der Waals surface area contributed by atoms with Gasteiger partial charge >= 0.3 is 11.9 Å². The highest BCUT2D eigenvalue weighted by Crippen LogP contribution is 2.37. The smallest absolute Gasteiger partial charge is 0.338 e. The number of amidine groups is 1. The molecule has 1 saturated heterocycles. The first-order valence-corrected chi connectivity index (χ1v) is 16.6. The summed E-state index contributed by atoms with van der Waals surface area (Å²) in [5.41, 5.74) is 1.93. The number of esters is 2. The number of nitrogens with zero attached hydrogens (tertiary/aromatic N) is 4. The van der Waals surface area contributed by atoms with Gasteiger partial charge in [0.2, 0.25) is 5.91 Å². The molecule has 0 saturated carbocycles. The summed E-state index contributed by atoms with van der Waals surface area (Å²) in [5, 5.41) is 9.76. The van der Waals surface area contributed by atoms with E-state index in [9.17, 15) is 14.4 Å². The van der Waals surface area contributed by atoms with Gasteiger partial charge in [-0.1, -0.05) is 29.3 Å². The van der Waals surface area contributed by atoms with Gasteiger partial charge < -0.3 is 25.0 Å². The standard InChI is InChI=1S/C31H40Cl2N6O5S/c1-6-43-25(41)15-20-18-45-29(35-20)28-36-23(17-38-10-12-39(13-11-38)24(40)16-34-31(3,4)5)26(30(42)44-7-2)27(37-28)21-9-8-19(32)14-22(21)33/h8-9,14,18,27,34H,6-7,10-13,15-17H2,1-5H3,(H,36,37). The lowest BCUT2D eigenvalue weighted by Crippen LogP contribution is -2.53. The number of carbonyl (C=O) groups excluding carboxylic acids is 3. The first kappa shape index (κ1) is 34.8. The molecule has 2 aliphatic rings. The van der Waals surface area contributed by atoms with Gasteiger partial charge in [-0.15, -0.1) is 11.3 Å². The second kappa shape index (κ2) is 15.5. The molecule has 2 aliphatic heterocycles. The number of hydrogen-bond acceptors (Lipinski definition) is 11. The average Bonchev–Trinajstić information content (AvgIpc) is 3.44. The van der Waals surface area contributed by atoms with Crippen LogP contribution in [0.1, 0.15) is 56.9 Å². The first-order valence-electron chi connectivity index (χ1n) is 14.9. The molecule has 1 amide bonds. The number of ether oxygens (including phenoxy) is 2. The average molecular weight is 680 g/mol. The van der Waals surface area contributed by atoms with Gasteiger partial charge in [0.25, 0.3) is 0 Å². The van der Waals surface area contributed by atoms with E-state index in [1.165, 1.54) is 11.3 Å². The zero-order valence-corrected chi connectivity index (χ0v) is 28.6. The van der Waals surface area contributed by atoms with Gasteiger partial charge in [-0.3, -0.25) is 19.5 Å². The van der Waals surface area contributed by atoms with Crippen LogP contribution in [0.15, 0.2) is 39.8 Å². The Hall–Kier alpha value is -3.03. The van der Waals surface area contributed by atoms with E-state index in [2.05, 4.69) is 20.5 Å². The molecule has 1 atom stereocenters. The van der Waals surface area contributed by atoms with Crippen LogP contribution in [-0.2, 0) is 30.3 Å². The third-order valence-electron chi connectivity index (χ3n) is 7.14. The predicted molar refractivity (Wildman–Crippen MR) is 176 cm³/mol. The van der Waals surface area contributed by atoms with Crippen LogP contribution in [0.2, 0.25) is 10.0 Å². The number of benzene rings is 1. The minimum atomic E-state index is -0.802. The quantitative estimate of drug-likeness (QED) is 0.339. The van der Waals surface area contributed by atoms with E-state index in [1.807, 2.05) is 25.7 Å². The molecule has 2 N–H and O–H groups in total. The van der Waals surface area contributed by atoms with E-state index in [1.54, 1.807) is 37.4 Å². The van der Waals surface area contributed by atoms with Crippen LogP contribution in [0.4, 0.5) is 0 Å². The Kier molecular flexibility index (Phi) is 12.0. The highest BCUT2D eigenvalue weighted by atomic mass is 35.5. The van der Waals surface area contributed by atoms with Crippen LogP contribution in [0.5, 0.6) is 0 Å². The van der Waals surface area contributed by atoms with Crippen molar-refractivity contribution in [3.8, 4) is 0 Å². The Balaban J connectivity index is 1.64. The second-order valence-corrected chi connectivity index (χ2v) is 13.4. The molecule has 3 heterocycles. The number of aromatic nitrogens is 1. The van der Waals surface area contributed by atoms with Gasteiger partial charge in [0.1, 0.15) is 6.04 Å². The molecular formula is C31H40Cl2N6O5S. The van der Waals surface area contributed by atoms with Crippen LogP contribution in [-0.4, -0.2) is 96.5 Å². The van der Waals surface area contributed by atoms with Crippen molar-refractivity contribution in [1.29, 1.82) is 0 Å². The number of nitrogens with one attached hydrogen (secondary N) is 2. The molecule has 45 heavy (non-hydrogen) atoms. The number of hydrogen-bond donors (Lipinski definition) is 2. The maximum atomic E-state index is 13.5. The molecule has 0 bridgehead atoms. The molecule has 0 radical (unpaired) electrons. The van der Waals surface area contributed by atoms with E-state index in [0.717, 1.165) is 0 Å². The topological polar surface area (TPSA) is 125 Å². The van der Waals surface area contributed by atoms with E-state index in [-0.39, 0.29) is 43.6 Å². The molecule has 11 nitrogen and oxygen atoms in total. The van der Waals surface area contributed by atoms with Crippen molar-refractivity contribution in [2.75, 3.05) is 52.5 Å². The fourth-order valence-corrected chi connectivity index (χ4v) is 6.20. The summed E-state index contributed by atoms with van der Waals surface area (Å²) in [7, 11) is 0. The molecule has 0 aliphatic carbocycles. The van der Waals surface area contributed by atoms with Gasteiger partial charge in [-0.25, -0.2) is 9.78 Å². The maximum Gasteiger partial charge on any atom is 0.338 e. The number of rotatable bonds is 11. The van der Waals surface area contributed by atoms with Crippen molar-refractivity contribution in [1.82, 2.24) is 25.4 Å². The molecule has 4 rings (SSSR count). The van der Waals surface area contributed by atoms with Crippen LogP contribution in [0, 0.1) is 0 Å². The largest absolute Gasteiger partial charge is 0.466 e. The van der Waals surface area contributed by atoms with Crippen molar-refractivity contribution in [2.45, 2.75) is 52.6 Å². The minimum Gasteiger partial charge on any atom is -0.466 e. The lowest BCUT2D eigenvalue weighted by molar-refractivity contribution is -0.142. The van der Waals surface area contributed by atoms with Crippen molar-refractivity contribution < 1.29 is 23.9 Å². The van der Waals surface area contributed by atoms with Gasteiger partial charge in [-0.2, -0.15) is 0 Å². The van der Waals surface area contributed by atoms with Gasteiger partial charge in [-0.05, 0) is 46.8 Å². The summed E-state index contributed by atoms with van der Waals surface area (Å²) in [4.78, 5) is 52.0. The third-order valence-corrected chi connectivity index (χ3v) is 8.60. The van der Waals surface area contributed by atoms with Crippen molar-refractivity contribution in [3.05, 3.63) is 61.2 Å². The molecule has 1 unspecified atom stereocenters. The van der Waals surface area contributed by atoms with Gasteiger partial charge in [0.15, 0.2) is 10.8 Å². The van der Waals surface area contributed by atoms with Crippen molar-refractivity contribution in [3.63, 3.8) is 0 Å². The summed E-state index contributed by atoms with van der Waals surface area (Å²) in [6.45, 7) is 13.0.